The Morgan fingerprint density at radius 3 is 2.00 bits per heavy atom. The molecule has 0 bridgehead atoms. The molecule has 0 fully saturated rings. The van der Waals surface area contributed by atoms with E-state index in [0.717, 1.165) is 12.1 Å². The first-order chi connectivity index (χ1) is 8.14. The monoisotopic (exact) mass is 265 g/mol. The molecule has 0 aliphatic rings. The van der Waals surface area contributed by atoms with Crippen LogP contribution in [-0.2, 0) is 5.92 Å². The average Bonchev–Trinajstić information content (AvgIpc) is 2.27. The first kappa shape index (κ1) is 13.7. The lowest BCUT2D eigenvalue weighted by Gasteiger charge is -2.18. The molecule has 0 aliphatic carbocycles. The van der Waals surface area contributed by atoms with E-state index in [1.807, 2.05) is 0 Å². The number of hydrogen-bond donors (Lipinski definition) is 1. The van der Waals surface area contributed by atoms with Crippen molar-refractivity contribution in [2.75, 3.05) is 5.73 Å². The highest BCUT2D eigenvalue weighted by Gasteiger charge is 2.79. The van der Waals surface area contributed by atoms with E-state index in [2.05, 4.69) is 0 Å². The third-order valence-corrected chi connectivity index (χ3v) is 2.13. The fourth-order valence-corrected chi connectivity index (χ4v) is 1.21. The first-order valence-electron chi connectivity index (χ1n) is 4.35. The molecule has 0 aromatic heterocycles. The third kappa shape index (κ3) is 1.81. The van der Waals surface area contributed by atoms with Gasteiger partial charge >= 0.3 is 11.8 Å². The molecule has 0 radical (unpaired) electrons. The van der Waals surface area contributed by atoms with E-state index < -0.39 is 27.2 Å². The van der Waals surface area contributed by atoms with Gasteiger partial charge in [0.05, 0.1) is 0 Å². The summed E-state index contributed by atoms with van der Waals surface area (Å²) >= 11 is 0. The molecule has 0 amide bonds. The van der Waals surface area contributed by atoms with E-state index in [0.29, 0.717) is 12.1 Å². The second-order valence-electron chi connectivity index (χ2n) is 3.30. The number of hydrogen-bond acceptors (Lipinski definition) is 5. The standard InChI is InChI=1S/C8H6F3N3O4/c9-7(10,5-2-1-3-6(12)4-5)8(11,13(15)16)14(17)18/h1-4H,12H2. The predicted molar refractivity (Wildman–Crippen MR) is 52.6 cm³/mol. The third-order valence-electron chi connectivity index (χ3n) is 2.13. The second kappa shape index (κ2) is 4.13. The number of nitro groups is 2. The first-order valence-corrected chi connectivity index (χ1v) is 4.35. The lowest BCUT2D eigenvalue weighted by atomic mass is 10.0. The van der Waals surface area contributed by atoms with Gasteiger partial charge in [-0.05, 0) is 12.1 Å². The Labute approximate surface area is 97.3 Å². The van der Waals surface area contributed by atoms with Crippen molar-refractivity contribution in [1.29, 1.82) is 0 Å². The van der Waals surface area contributed by atoms with Crippen LogP contribution in [0.1, 0.15) is 5.56 Å². The van der Waals surface area contributed by atoms with Gasteiger partial charge < -0.3 is 5.73 Å². The highest BCUT2D eigenvalue weighted by atomic mass is 19.3. The van der Waals surface area contributed by atoms with Crippen LogP contribution in [0.4, 0.5) is 18.9 Å². The van der Waals surface area contributed by atoms with Crippen LogP contribution in [0.15, 0.2) is 24.3 Å². The summed E-state index contributed by atoms with van der Waals surface area (Å²) in [5.74, 6) is -10.1. The zero-order valence-corrected chi connectivity index (χ0v) is 8.55. The lowest BCUT2D eigenvalue weighted by molar-refractivity contribution is -0.857. The maximum atomic E-state index is 13.6. The Balaban J connectivity index is 3.44. The molecule has 0 saturated carbocycles. The minimum absolute atomic E-state index is 0.235. The van der Waals surface area contributed by atoms with Gasteiger partial charge in [-0.3, -0.25) is 20.2 Å². The van der Waals surface area contributed by atoms with Gasteiger partial charge in [-0.2, -0.15) is 8.78 Å². The normalized spacial score (nSPS) is 12.2. The van der Waals surface area contributed by atoms with Gasteiger partial charge in [0.2, 0.25) is 0 Å². The van der Waals surface area contributed by atoms with Crippen molar-refractivity contribution in [3.8, 4) is 0 Å². The molecule has 1 aromatic rings. The van der Waals surface area contributed by atoms with Crippen LogP contribution in [0.2, 0.25) is 0 Å². The molecule has 1 aromatic carbocycles. The van der Waals surface area contributed by atoms with Crippen molar-refractivity contribution in [3.63, 3.8) is 0 Å². The topological polar surface area (TPSA) is 112 Å². The van der Waals surface area contributed by atoms with Crippen LogP contribution in [0.25, 0.3) is 0 Å². The minimum Gasteiger partial charge on any atom is -0.399 e. The summed E-state index contributed by atoms with van der Waals surface area (Å²) in [6, 6.07) is 3.27. The summed E-state index contributed by atoms with van der Waals surface area (Å²) in [5.41, 5.74) is 3.67. The van der Waals surface area contributed by atoms with Crippen LogP contribution >= 0.6 is 0 Å². The summed E-state index contributed by atoms with van der Waals surface area (Å²) in [6.07, 6.45) is 0. The number of benzene rings is 1. The van der Waals surface area contributed by atoms with Gasteiger partial charge in [-0.25, -0.2) is 0 Å². The molecular formula is C8H6F3N3O4. The van der Waals surface area contributed by atoms with Gasteiger partial charge in [0.15, 0.2) is 0 Å². The summed E-state index contributed by atoms with van der Waals surface area (Å²) in [4.78, 5) is 15.9. The van der Waals surface area contributed by atoms with Crippen molar-refractivity contribution in [1.82, 2.24) is 0 Å². The molecule has 2 N–H and O–H groups in total. The number of nitrogens with two attached hydrogens (primary N) is 1. The summed E-state index contributed by atoms with van der Waals surface area (Å²) in [7, 11) is 0. The Kier molecular flexibility index (Phi) is 3.13. The number of anilines is 1. The van der Waals surface area contributed by atoms with E-state index in [-0.39, 0.29) is 5.69 Å². The molecule has 0 spiro atoms. The largest absolute Gasteiger partial charge is 0.683 e. The smallest absolute Gasteiger partial charge is 0.399 e. The van der Waals surface area contributed by atoms with E-state index in [4.69, 9.17) is 5.73 Å². The summed E-state index contributed by atoms with van der Waals surface area (Å²) in [6.45, 7) is 0. The molecule has 98 valence electrons. The van der Waals surface area contributed by atoms with E-state index in [9.17, 15) is 33.4 Å². The van der Waals surface area contributed by atoms with Crippen LogP contribution in [-0.4, -0.2) is 15.8 Å². The summed E-state index contributed by atoms with van der Waals surface area (Å²) in [5, 5.41) is 20.5. The molecule has 10 heteroatoms. The Morgan fingerprint density at radius 2 is 1.61 bits per heavy atom. The molecule has 0 saturated heterocycles. The Bertz CT molecular complexity index is 494. The maximum Gasteiger partial charge on any atom is 0.683 e. The number of rotatable bonds is 4. The number of alkyl halides is 3. The fraction of sp³-hybridized carbons (Fsp3) is 0.250. The zero-order chi connectivity index (χ0) is 14.1. The van der Waals surface area contributed by atoms with Crippen molar-refractivity contribution >= 4 is 5.69 Å². The van der Waals surface area contributed by atoms with Crippen LogP contribution in [0, 0.1) is 20.2 Å². The highest BCUT2D eigenvalue weighted by molar-refractivity contribution is 5.42. The van der Waals surface area contributed by atoms with Crippen molar-refractivity contribution in [3.05, 3.63) is 50.1 Å². The lowest BCUT2D eigenvalue weighted by Crippen LogP contribution is -2.54. The van der Waals surface area contributed by atoms with Gasteiger partial charge in [-0.1, -0.05) is 16.5 Å². The molecule has 0 heterocycles. The minimum atomic E-state index is -5.15. The van der Waals surface area contributed by atoms with Crippen molar-refractivity contribution in [2.24, 2.45) is 0 Å². The molecular weight excluding hydrogens is 259 g/mol. The molecule has 0 aliphatic heterocycles. The van der Waals surface area contributed by atoms with Crippen molar-refractivity contribution < 1.29 is 23.0 Å². The highest BCUT2D eigenvalue weighted by Crippen LogP contribution is 2.42. The molecule has 0 unspecified atom stereocenters. The average molecular weight is 265 g/mol. The quantitative estimate of drug-likeness (QED) is 0.291. The molecule has 0 atom stereocenters. The van der Waals surface area contributed by atoms with Crippen molar-refractivity contribution in [2.45, 2.75) is 11.8 Å². The van der Waals surface area contributed by atoms with Gasteiger partial charge in [0.25, 0.3) is 0 Å². The maximum absolute atomic E-state index is 13.6. The zero-order valence-electron chi connectivity index (χ0n) is 8.55. The summed E-state index contributed by atoms with van der Waals surface area (Å²) < 4.78 is 40.6. The SMILES string of the molecule is Nc1cccc(C(F)(F)C(F)([N+](=O)[O-])[N+](=O)[O-])c1. The van der Waals surface area contributed by atoms with Gasteiger partial charge in [0, 0.05) is 11.3 Å². The van der Waals surface area contributed by atoms with E-state index in [1.54, 1.807) is 0 Å². The number of halogens is 3. The van der Waals surface area contributed by atoms with Crippen LogP contribution in [0.3, 0.4) is 0 Å². The number of nitrogen functional groups attached to an aromatic ring is 1. The molecule has 1 rings (SSSR count). The second-order valence-corrected chi connectivity index (χ2v) is 3.30. The van der Waals surface area contributed by atoms with Gasteiger partial charge in [0.1, 0.15) is 9.85 Å². The fourth-order valence-electron chi connectivity index (χ4n) is 1.21. The Morgan fingerprint density at radius 1 is 1.11 bits per heavy atom. The molecule has 7 nitrogen and oxygen atoms in total. The van der Waals surface area contributed by atoms with E-state index >= 15 is 0 Å². The van der Waals surface area contributed by atoms with E-state index in [1.165, 1.54) is 0 Å². The van der Waals surface area contributed by atoms with Crippen LogP contribution < -0.4 is 5.73 Å². The van der Waals surface area contributed by atoms with Gasteiger partial charge in [-0.15, -0.1) is 0 Å². The van der Waals surface area contributed by atoms with Crippen LogP contribution in [0.5, 0.6) is 0 Å². The molecule has 18 heavy (non-hydrogen) atoms. The number of nitrogens with zero attached hydrogens (tertiary/aromatic N) is 2. The predicted octanol–water partition coefficient (Wildman–Crippen LogP) is 1.54. The Hall–Kier alpha value is -2.39.